The minimum atomic E-state index is -0.732. The van der Waals surface area contributed by atoms with Crippen LogP contribution in [-0.4, -0.2) is 29.3 Å². The van der Waals surface area contributed by atoms with Crippen molar-refractivity contribution >= 4 is 5.97 Å². The number of carboxylic acid groups (broad SMARTS) is 1. The Labute approximate surface area is 197 Å². The molecular formula is C29H35NO3. The maximum atomic E-state index is 12.2. The molecule has 174 valence electrons. The van der Waals surface area contributed by atoms with E-state index in [4.69, 9.17) is 0 Å². The van der Waals surface area contributed by atoms with Crippen LogP contribution in [-0.2, 0) is 4.79 Å². The molecule has 4 nitrogen and oxygen atoms in total. The van der Waals surface area contributed by atoms with Crippen LogP contribution in [0.3, 0.4) is 0 Å². The molecule has 0 amide bonds. The Morgan fingerprint density at radius 1 is 0.697 bits per heavy atom. The Hall–Kier alpha value is -2.95. The predicted octanol–water partition coefficient (Wildman–Crippen LogP) is 5.79. The van der Waals surface area contributed by atoms with Gasteiger partial charge in [-0.3, -0.25) is 4.79 Å². The van der Waals surface area contributed by atoms with Crippen molar-refractivity contribution in [1.82, 2.24) is 5.32 Å². The lowest BCUT2D eigenvalue weighted by atomic mass is 9.78. The van der Waals surface area contributed by atoms with Gasteiger partial charge in [-0.05, 0) is 36.1 Å². The Bertz CT molecular complexity index is 891. The number of carboxylic acids is 1. The van der Waals surface area contributed by atoms with Crippen molar-refractivity contribution in [2.75, 3.05) is 13.1 Å². The summed E-state index contributed by atoms with van der Waals surface area (Å²) in [6.45, 7) is 1.39. The molecule has 0 bridgehead atoms. The van der Waals surface area contributed by atoms with Crippen molar-refractivity contribution in [3.63, 3.8) is 0 Å². The molecular weight excluding hydrogens is 410 g/mol. The van der Waals surface area contributed by atoms with E-state index in [2.05, 4.69) is 5.32 Å². The van der Waals surface area contributed by atoms with Gasteiger partial charge in [-0.15, -0.1) is 0 Å². The molecule has 3 aromatic rings. The summed E-state index contributed by atoms with van der Waals surface area (Å²) in [5, 5.41) is 23.6. The van der Waals surface area contributed by atoms with Gasteiger partial charge in [0.2, 0.25) is 0 Å². The number of hydrogen-bond donors (Lipinski definition) is 3. The molecule has 3 aromatic carbocycles. The Morgan fingerprint density at radius 2 is 1.18 bits per heavy atom. The molecule has 0 saturated carbocycles. The standard InChI is InChI=1S/C29H35NO3/c31-27(23-14-6-3-7-15-23)22-30-21-13-2-1-12-20-26(29(32)33)28(24-16-8-4-9-17-24)25-18-10-5-11-19-25/h3-11,14-19,26-28,30-31H,1-2,12-13,20-22H2,(H,32,33). The molecule has 2 unspecified atom stereocenters. The zero-order chi connectivity index (χ0) is 23.3. The fourth-order valence-electron chi connectivity index (χ4n) is 4.41. The summed E-state index contributed by atoms with van der Waals surface area (Å²) in [7, 11) is 0. The van der Waals surface area contributed by atoms with Gasteiger partial charge >= 0.3 is 5.97 Å². The minimum Gasteiger partial charge on any atom is -0.481 e. The van der Waals surface area contributed by atoms with E-state index < -0.39 is 18.0 Å². The maximum Gasteiger partial charge on any atom is 0.307 e. The molecule has 2 atom stereocenters. The number of unbranched alkanes of at least 4 members (excludes halogenated alkanes) is 3. The van der Waals surface area contributed by atoms with Crippen LogP contribution in [0.5, 0.6) is 0 Å². The average molecular weight is 446 g/mol. The molecule has 0 saturated heterocycles. The lowest BCUT2D eigenvalue weighted by Crippen LogP contribution is -2.23. The van der Waals surface area contributed by atoms with Gasteiger partial charge in [0.05, 0.1) is 12.0 Å². The summed E-state index contributed by atoms with van der Waals surface area (Å²) in [6, 6.07) is 29.6. The number of benzene rings is 3. The zero-order valence-electron chi connectivity index (χ0n) is 19.1. The van der Waals surface area contributed by atoms with Crippen LogP contribution in [0, 0.1) is 5.92 Å². The zero-order valence-corrected chi connectivity index (χ0v) is 19.1. The van der Waals surface area contributed by atoms with E-state index in [1.165, 1.54) is 0 Å². The third kappa shape index (κ3) is 7.85. The molecule has 0 heterocycles. The molecule has 0 fully saturated rings. The first-order valence-corrected chi connectivity index (χ1v) is 11.9. The van der Waals surface area contributed by atoms with E-state index in [9.17, 15) is 15.0 Å². The largest absolute Gasteiger partial charge is 0.481 e. The molecule has 0 aliphatic rings. The van der Waals surface area contributed by atoms with E-state index in [-0.39, 0.29) is 5.92 Å². The molecule has 4 heteroatoms. The fourth-order valence-corrected chi connectivity index (χ4v) is 4.41. The van der Waals surface area contributed by atoms with Crippen molar-refractivity contribution < 1.29 is 15.0 Å². The Balaban J connectivity index is 1.44. The average Bonchev–Trinajstić information content (AvgIpc) is 2.86. The van der Waals surface area contributed by atoms with E-state index in [1.807, 2.05) is 91.0 Å². The highest BCUT2D eigenvalue weighted by Crippen LogP contribution is 2.35. The third-order valence-electron chi connectivity index (χ3n) is 6.18. The second-order valence-electron chi connectivity index (χ2n) is 8.58. The second kappa shape index (κ2) is 13.6. The van der Waals surface area contributed by atoms with Crippen LogP contribution >= 0.6 is 0 Å². The normalized spacial score (nSPS) is 13.0. The molecule has 0 aliphatic carbocycles. The summed E-state index contributed by atoms with van der Waals surface area (Å²) in [5.41, 5.74) is 3.03. The number of aliphatic hydroxyl groups excluding tert-OH is 1. The van der Waals surface area contributed by atoms with E-state index in [0.717, 1.165) is 48.9 Å². The van der Waals surface area contributed by atoms with Crippen LogP contribution in [0.4, 0.5) is 0 Å². The van der Waals surface area contributed by atoms with E-state index >= 15 is 0 Å². The maximum absolute atomic E-state index is 12.2. The molecule has 0 aliphatic heterocycles. The molecule has 0 spiro atoms. The minimum absolute atomic E-state index is 0.147. The quantitative estimate of drug-likeness (QED) is 0.275. The number of carbonyl (C=O) groups is 1. The number of aliphatic hydroxyl groups is 1. The summed E-state index contributed by atoms with van der Waals surface area (Å²) >= 11 is 0. The molecule has 0 radical (unpaired) electrons. The van der Waals surface area contributed by atoms with Crippen molar-refractivity contribution in [2.24, 2.45) is 5.92 Å². The lowest BCUT2D eigenvalue weighted by Gasteiger charge is -2.25. The predicted molar refractivity (Wildman–Crippen MR) is 133 cm³/mol. The van der Waals surface area contributed by atoms with Gasteiger partial charge in [-0.2, -0.15) is 0 Å². The highest BCUT2D eigenvalue weighted by atomic mass is 16.4. The van der Waals surface area contributed by atoms with Crippen LogP contribution in [0.2, 0.25) is 0 Å². The fraction of sp³-hybridized carbons (Fsp3) is 0.345. The number of rotatable bonds is 14. The van der Waals surface area contributed by atoms with Crippen LogP contribution < -0.4 is 5.32 Å². The molecule has 3 N–H and O–H groups in total. The molecule has 33 heavy (non-hydrogen) atoms. The van der Waals surface area contributed by atoms with Crippen molar-refractivity contribution in [1.29, 1.82) is 0 Å². The van der Waals surface area contributed by atoms with Gasteiger partial charge < -0.3 is 15.5 Å². The van der Waals surface area contributed by atoms with Crippen LogP contribution in [0.25, 0.3) is 0 Å². The Morgan fingerprint density at radius 3 is 1.70 bits per heavy atom. The van der Waals surface area contributed by atoms with Crippen molar-refractivity contribution in [3.8, 4) is 0 Å². The third-order valence-corrected chi connectivity index (χ3v) is 6.18. The molecule has 0 aromatic heterocycles. The van der Waals surface area contributed by atoms with E-state index in [0.29, 0.717) is 13.0 Å². The topological polar surface area (TPSA) is 69.6 Å². The van der Waals surface area contributed by atoms with E-state index in [1.54, 1.807) is 0 Å². The van der Waals surface area contributed by atoms with Crippen LogP contribution in [0.1, 0.15) is 60.8 Å². The first-order chi connectivity index (χ1) is 16.2. The van der Waals surface area contributed by atoms with Crippen LogP contribution in [0.15, 0.2) is 91.0 Å². The first-order valence-electron chi connectivity index (χ1n) is 11.9. The number of hydrogen-bond acceptors (Lipinski definition) is 3. The molecule has 3 rings (SSSR count). The van der Waals surface area contributed by atoms with Crippen molar-refractivity contribution in [3.05, 3.63) is 108 Å². The summed E-state index contributed by atoms with van der Waals surface area (Å²) < 4.78 is 0. The summed E-state index contributed by atoms with van der Waals surface area (Å²) in [4.78, 5) is 12.2. The lowest BCUT2D eigenvalue weighted by molar-refractivity contribution is -0.142. The number of nitrogens with one attached hydrogen (secondary N) is 1. The number of aliphatic carboxylic acids is 1. The van der Waals surface area contributed by atoms with Gasteiger partial charge in [0.1, 0.15) is 0 Å². The highest BCUT2D eigenvalue weighted by molar-refractivity contribution is 5.72. The van der Waals surface area contributed by atoms with Gasteiger partial charge in [-0.25, -0.2) is 0 Å². The SMILES string of the molecule is O=C(O)C(CCCCCCNCC(O)c1ccccc1)C(c1ccccc1)c1ccccc1. The van der Waals surface area contributed by atoms with Crippen molar-refractivity contribution in [2.45, 2.75) is 44.1 Å². The van der Waals surface area contributed by atoms with Gasteiger partial charge in [0, 0.05) is 12.5 Å². The summed E-state index contributed by atoms with van der Waals surface area (Å²) in [6.07, 6.45) is 4.12. The van der Waals surface area contributed by atoms with Gasteiger partial charge in [0.25, 0.3) is 0 Å². The second-order valence-corrected chi connectivity index (χ2v) is 8.58. The van der Waals surface area contributed by atoms with Gasteiger partial charge in [-0.1, -0.05) is 110 Å². The first kappa shape index (κ1) is 24.7. The Kier molecular flexibility index (Phi) is 10.1. The highest BCUT2D eigenvalue weighted by Gasteiger charge is 2.30. The smallest absolute Gasteiger partial charge is 0.307 e. The monoisotopic (exact) mass is 445 g/mol. The summed E-state index contributed by atoms with van der Waals surface area (Å²) in [5.74, 6) is -1.33. The van der Waals surface area contributed by atoms with Gasteiger partial charge in [0.15, 0.2) is 0 Å².